The highest BCUT2D eigenvalue weighted by Gasteiger charge is 2.04. The molecular weight excluding hydrogens is 204 g/mol. The number of nitrogens with two attached hydrogens (primary N) is 1. The third-order valence-corrected chi connectivity index (χ3v) is 3.19. The van der Waals surface area contributed by atoms with Crippen molar-refractivity contribution < 1.29 is 0 Å². The fraction of sp³-hybridized carbons (Fsp3) is 0.250. The highest BCUT2D eigenvalue weighted by Crippen LogP contribution is 2.17. The third kappa shape index (κ3) is 2.43. The number of aryl methyl sites for hydroxylation is 1. The maximum absolute atomic E-state index is 5.71. The van der Waals surface area contributed by atoms with E-state index in [1.165, 1.54) is 16.7 Å². The van der Waals surface area contributed by atoms with Crippen LogP contribution in [0.2, 0.25) is 0 Å². The number of benzene rings is 1. The highest BCUT2D eigenvalue weighted by atomic mass is 32.1. The van der Waals surface area contributed by atoms with Gasteiger partial charge in [-0.2, -0.15) is 0 Å². The van der Waals surface area contributed by atoms with Gasteiger partial charge in [0.25, 0.3) is 0 Å². The number of thiazole rings is 1. The summed E-state index contributed by atoms with van der Waals surface area (Å²) in [5, 5.41) is 3.16. The van der Waals surface area contributed by atoms with E-state index in [0.717, 1.165) is 11.4 Å². The van der Waals surface area contributed by atoms with E-state index in [4.69, 9.17) is 5.73 Å². The maximum Gasteiger partial charge on any atom is 0.0968 e. The normalized spacial score (nSPS) is 10.5. The second kappa shape index (κ2) is 4.55. The van der Waals surface area contributed by atoms with Crippen LogP contribution < -0.4 is 5.73 Å². The third-order valence-electron chi connectivity index (χ3n) is 2.41. The summed E-state index contributed by atoms with van der Waals surface area (Å²) < 4.78 is 0. The minimum absolute atomic E-state index is 0.598. The van der Waals surface area contributed by atoms with E-state index in [1.807, 2.05) is 11.6 Å². The predicted molar refractivity (Wildman–Crippen MR) is 64.0 cm³/mol. The van der Waals surface area contributed by atoms with E-state index in [9.17, 15) is 0 Å². The predicted octanol–water partition coefficient (Wildman–Crippen LogP) is 2.50. The second-order valence-electron chi connectivity index (χ2n) is 3.58. The molecular formula is C12H14N2S. The Balaban J connectivity index is 2.30. The molecule has 2 nitrogen and oxygen atoms in total. The second-order valence-corrected chi connectivity index (χ2v) is 4.56. The van der Waals surface area contributed by atoms with Crippen LogP contribution in [0.25, 0.3) is 0 Å². The van der Waals surface area contributed by atoms with Crippen LogP contribution in [0.1, 0.15) is 21.7 Å². The van der Waals surface area contributed by atoms with E-state index >= 15 is 0 Å². The van der Waals surface area contributed by atoms with Gasteiger partial charge in [-0.3, -0.25) is 0 Å². The molecule has 3 heteroatoms. The first kappa shape index (κ1) is 10.3. The minimum atomic E-state index is 0.598. The lowest BCUT2D eigenvalue weighted by molar-refractivity contribution is 1.01. The van der Waals surface area contributed by atoms with Crippen molar-refractivity contribution in [1.82, 2.24) is 4.98 Å². The van der Waals surface area contributed by atoms with Crippen molar-refractivity contribution in [2.75, 3.05) is 0 Å². The molecule has 0 spiro atoms. The van der Waals surface area contributed by atoms with Crippen molar-refractivity contribution in [2.24, 2.45) is 5.73 Å². The topological polar surface area (TPSA) is 38.9 Å². The van der Waals surface area contributed by atoms with Crippen LogP contribution in [0.15, 0.2) is 29.8 Å². The first-order valence-corrected chi connectivity index (χ1v) is 5.84. The van der Waals surface area contributed by atoms with Crippen LogP contribution >= 0.6 is 11.3 Å². The molecule has 0 saturated heterocycles. The van der Waals surface area contributed by atoms with Gasteiger partial charge in [0, 0.05) is 24.5 Å². The fourth-order valence-corrected chi connectivity index (χ4v) is 2.26. The lowest BCUT2D eigenvalue weighted by atomic mass is 10.0. The van der Waals surface area contributed by atoms with Crippen molar-refractivity contribution in [3.8, 4) is 0 Å². The lowest BCUT2D eigenvalue weighted by Gasteiger charge is -2.07. The fourth-order valence-electron chi connectivity index (χ4n) is 1.62. The van der Waals surface area contributed by atoms with Crippen LogP contribution in [0.3, 0.4) is 0 Å². The van der Waals surface area contributed by atoms with Gasteiger partial charge in [0.2, 0.25) is 0 Å². The van der Waals surface area contributed by atoms with Gasteiger partial charge in [-0.05, 0) is 18.1 Å². The van der Waals surface area contributed by atoms with Gasteiger partial charge in [-0.15, -0.1) is 11.3 Å². The molecule has 2 aromatic rings. The summed E-state index contributed by atoms with van der Waals surface area (Å²) in [6.45, 7) is 2.70. The van der Waals surface area contributed by atoms with Crippen molar-refractivity contribution >= 4 is 11.3 Å². The quantitative estimate of drug-likeness (QED) is 0.859. The number of hydrogen-bond acceptors (Lipinski definition) is 3. The van der Waals surface area contributed by atoms with E-state index in [-0.39, 0.29) is 0 Å². The number of hydrogen-bond donors (Lipinski definition) is 1. The molecule has 78 valence electrons. The highest BCUT2D eigenvalue weighted by molar-refractivity contribution is 7.09. The number of rotatable bonds is 3. The van der Waals surface area contributed by atoms with E-state index < -0.39 is 0 Å². The molecule has 0 fully saturated rings. The van der Waals surface area contributed by atoms with Crippen LogP contribution in [0, 0.1) is 6.92 Å². The zero-order chi connectivity index (χ0) is 10.7. The number of nitrogens with zero attached hydrogens (tertiary/aromatic N) is 1. The SMILES string of the molecule is Cc1ccc(CN)c(Cc2nccs2)c1. The maximum atomic E-state index is 5.71. The van der Waals surface area contributed by atoms with Crippen molar-refractivity contribution in [3.63, 3.8) is 0 Å². The van der Waals surface area contributed by atoms with E-state index in [1.54, 1.807) is 11.3 Å². The average Bonchev–Trinajstić information content (AvgIpc) is 2.71. The summed E-state index contributed by atoms with van der Waals surface area (Å²) in [5.74, 6) is 0. The Morgan fingerprint density at radius 2 is 2.20 bits per heavy atom. The van der Waals surface area contributed by atoms with Crippen LogP contribution in [-0.2, 0) is 13.0 Å². The van der Waals surface area contributed by atoms with Gasteiger partial charge < -0.3 is 5.73 Å². The molecule has 2 rings (SSSR count). The lowest BCUT2D eigenvalue weighted by Crippen LogP contribution is -2.02. The molecule has 0 aliphatic carbocycles. The van der Waals surface area contributed by atoms with Gasteiger partial charge in [0.05, 0.1) is 5.01 Å². The minimum Gasteiger partial charge on any atom is -0.326 e. The van der Waals surface area contributed by atoms with Crippen molar-refractivity contribution in [3.05, 3.63) is 51.5 Å². The summed E-state index contributed by atoms with van der Waals surface area (Å²) in [4.78, 5) is 4.29. The van der Waals surface area contributed by atoms with Gasteiger partial charge in [-0.1, -0.05) is 23.8 Å². The molecule has 15 heavy (non-hydrogen) atoms. The van der Waals surface area contributed by atoms with E-state index in [0.29, 0.717) is 6.54 Å². The summed E-state index contributed by atoms with van der Waals surface area (Å²) in [5.41, 5.74) is 9.51. The average molecular weight is 218 g/mol. The largest absolute Gasteiger partial charge is 0.326 e. The van der Waals surface area contributed by atoms with Crippen LogP contribution in [0.4, 0.5) is 0 Å². The molecule has 1 heterocycles. The Morgan fingerprint density at radius 3 is 2.87 bits per heavy atom. The Morgan fingerprint density at radius 1 is 1.33 bits per heavy atom. The Kier molecular flexibility index (Phi) is 3.14. The molecule has 0 aliphatic rings. The Labute approximate surface area is 93.8 Å². The summed E-state index contributed by atoms with van der Waals surface area (Å²) in [7, 11) is 0. The summed E-state index contributed by atoms with van der Waals surface area (Å²) in [6, 6.07) is 6.41. The Hall–Kier alpha value is -1.19. The first-order chi connectivity index (χ1) is 7.29. The summed E-state index contributed by atoms with van der Waals surface area (Å²) >= 11 is 1.69. The standard InChI is InChI=1S/C12H14N2S/c1-9-2-3-10(8-13)11(6-9)7-12-14-4-5-15-12/h2-6H,7-8,13H2,1H3. The van der Waals surface area contributed by atoms with Crippen LogP contribution in [-0.4, -0.2) is 4.98 Å². The first-order valence-electron chi connectivity index (χ1n) is 4.96. The zero-order valence-corrected chi connectivity index (χ0v) is 9.55. The van der Waals surface area contributed by atoms with Gasteiger partial charge in [-0.25, -0.2) is 4.98 Å². The smallest absolute Gasteiger partial charge is 0.0968 e. The molecule has 2 N–H and O–H groups in total. The molecule has 0 radical (unpaired) electrons. The van der Waals surface area contributed by atoms with Crippen LogP contribution in [0.5, 0.6) is 0 Å². The van der Waals surface area contributed by atoms with E-state index in [2.05, 4.69) is 30.1 Å². The molecule has 0 amide bonds. The van der Waals surface area contributed by atoms with Gasteiger partial charge in [0.15, 0.2) is 0 Å². The van der Waals surface area contributed by atoms with Crippen molar-refractivity contribution in [1.29, 1.82) is 0 Å². The molecule has 0 atom stereocenters. The van der Waals surface area contributed by atoms with Gasteiger partial charge >= 0.3 is 0 Å². The molecule has 1 aromatic carbocycles. The van der Waals surface area contributed by atoms with Crippen molar-refractivity contribution in [2.45, 2.75) is 19.9 Å². The Bertz CT molecular complexity index is 435. The monoisotopic (exact) mass is 218 g/mol. The molecule has 0 saturated carbocycles. The van der Waals surface area contributed by atoms with Gasteiger partial charge in [0.1, 0.15) is 0 Å². The summed E-state index contributed by atoms with van der Waals surface area (Å²) in [6.07, 6.45) is 2.74. The molecule has 1 aromatic heterocycles. The molecule has 0 bridgehead atoms. The zero-order valence-electron chi connectivity index (χ0n) is 8.73. The number of aromatic nitrogens is 1. The molecule has 0 unspecified atom stereocenters. The molecule has 0 aliphatic heterocycles.